The quantitative estimate of drug-likeness (QED) is 0.798. The Morgan fingerprint density at radius 1 is 0.929 bits per heavy atom. The molecule has 1 aliphatic rings. The predicted octanol–water partition coefficient (Wildman–Crippen LogP) is 2.68. The van der Waals surface area contributed by atoms with Crippen molar-refractivity contribution >= 4 is 11.8 Å². The van der Waals surface area contributed by atoms with E-state index in [1.54, 1.807) is 41.2 Å². The van der Waals surface area contributed by atoms with Gasteiger partial charge in [0.15, 0.2) is 6.61 Å². The van der Waals surface area contributed by atoms with Gasteiger partial charge in [0.05, 0.1) is 7.11 Å². The molecule has 0 aromatic heterocycles. The maximum Gasteiger partial charge on any atom is 0.260 e. The van der Waals surface area contributed by atoms with Gasteiger partial charge in [-0.15, -0.1) is 0 Å². The molecule has 2 aromatic carbocycles. The third-order valence-electron chi connectivity index (χ3n) is 5.16. The molecule has 0 spiro atoms. The van der Waals surface area contributed by atoms with Crippen LogP contribution in [0.3, 0.4) is 0 Å². The smallest absolute Gasteiger partial charge is 0.260 e. The zero-order chi connectivity index (χ0) is 20.1. The van der Waals surface area contributed by atoms with Gasteiger partial charge in [-0.3, -0.25) is 9.59 Å². The first-order valence-corrected chi connectivity index (χ1v) is 9.39. The van der Waals surface area contributed by atoms with E-state index in [1.807, 2.05) is 32.0 Å². The Morgan fingerprint density at radius 3 is 2.21 bits per heavy atom. The Morgan fingerprint density at radius 2 is 1.57 bits per heavy atom. The van der Waals surface area contributed by atoms with E-state index in [2.05, 4.69) is 0 Å². The highest BCUT2D eigenvalue weighted by atomic mass is 16.5. The van der Waals surface area contributed by atoms with E-state index < -0.39 is 0 Å². The lowest BCUT2D eigenvalue weighted by Crippen LogP contribution is -2.51. The molecule has 0 bridgehead atoms. The van der Waals surface area contributed by atoms with Crippen molar-refractivity contribution in [3.05, 3.63) is 59.2 Å². The number of hydrogen-bond acceptors (Lipinski definition) is 4. The third-order valence-corrected chi connectivity index (χ3v) is 5.16. The number of piperazine rings is 1. The molecule has 0 aliphatic carbocycles. The van der Waals surface area contributed by atoms with Crippen LogP contribution in [-0.2, 0) is 4.79 Å². The zero-order valence-electron chi connectivity index (χ0n) is 16.6. The molecular formula is C22H26N2O4. The Balaban J connectivity index is 1.50. The summed E-state index contributed by atoms with van der Waals surface area (Å²) in [5.41, 5.74) is 2.81. The van der Waals surface area contributed by atoms with Crippen molar-refractivity contribution in [3.8, 4) is 11.5 Å². The molecule has 0 N–H and O–H groups in total. The van der Waals surface area contributed by atoms with Gasteiger partial charge in [0.2, 0.25) is 0 Å². The van der Waals surface area contributed by atoms with E-state index in [9.17, 15) is 9.59 Å². The number of amides is 2. The maximum absolute atomic E-state index is 12.6. The molecule has 1 fully saturated rings. The molecule has 2 aromatic rings. The fourth-order valence-corrected chi connectivity index (χ4v) is 3.19. The molecule has 0 unspecified atom stereocenters. The number of nitrogens with zero attached hydrogens (tertiary/aromatic N) is 2. The average molecular weight is 382 g/mol. The van der Waals surface area contributed by atoms with Crippen LogP contribution >= 0.6 is 0 Å². The number of benzene rings is 2. The van der Waals surface area contributed by atoms with Gasteiger partial charge >= 0.3 is 0 Å². The summed E-state index contributed by atoms with van der Waals surface area (Å²) in [6.45, 7) is 6.06. The molecule has 6 nitrogen and oxygen atoms in total. The standard InChI is InChI=1S/C22H26N2O4/c1-16-5-4-6-20(17(16)2)28-15-21(25)23-11-13-24(14-12-23)22(26)18-7-9-19(27-3)10-8-18/h4-10H,11-15H2,1-3H3. The lowest BCUT2D eigenvalue weighted by atomic mass is 10.1. The molecule has 1 heterocycles. The fraction of sp³-hybridized carbons (Fsp3) is 0.364. The molecule has 3 rings (SSSR count). The van der Waals surface area contributed by atoms with Crippen molar-refractivity contribution in [1.29, 1.82) is 0 Å². The number of ether oxygens (including phenoxy) is 2. The van der Waals surface area contributed by atoms with Crippen LogP contribution in [0.5, 0.6) is 11.5 Å². The van der Waals surface area contributed by atoms with Crippen molar-refractivity contribution in [3.63, 3.8) is 0 Å². The van der Waals surface area contributed by atoms with Crippen molar-refractivity contribution in [2.75, 3.05) is 39.9 Å². The average Bonchev–Trinajstić information content (AvgIpc) is 2.74. The summed E-state index contributed by atoms with van der Waals surface area (Å²) in [5, 5.41) is 0. The number of carbonyl (C=O) groups excluding carboxylic acids is 2. The van der Waals surface area contributed by atoms with Gasteiger partial charge in [-0.05, 0) is 55.3 Å². The lowest BCUT2D eigenvalue weighted by Gasteiger charge is -2.34. The van der Waals surface area contributed by atoms with E-state index in [1.165, 1.54) is 0 Å². The Hall–Kier alpha value is -3.02. The minimum Gasteiger partial charge on any atom is -0.497 e. The maximum atomic E-state index is 12.6. The molecular weight excluding hydrogens is 356 g/mol. The second-order valence-corrected chi connectivity index (χ2v) is 6.89. The van der Waals surface area contributed by atoms with Crippen molar-refractivity contribution in [2.45, 2.75) is 13.8 Å². The topological polar surface area (TPSA) is 59.1 Å². The minimum atomic E-state index is -0.0579. The van der Waals surface area contributed by atoms with Gasteiger partial charge in [0, 0.05) is 31.7 Å². The number of methoxy groups -OCH3 is 1. The van der Waals surface area contributed by atoms with Crippen LogP contribution in [0, 0.1) is 13.8 Å². The first kappa shape index (κ1) is 19.7. The van der Waals surface area contributed by atoms with Crippen LogP contribution in [-0.4, -0.2) is 61.5 Å². The van der Waals surface area contributed by atoms with E-state index in [0.717, 1.165) is 22.6 Å². The molecule has 6 heteroatoms. The highest BCUT2D eigenvalue weighted by Gasteiger charge is 2.25. The van der Waals surface area contributed by atoms with Crippen LogP contribution in [0.1, 0.15) is 21.5 Å². The molecule has 0 atom stereocenters. The number of aryl methyl sites for hydroxylation is 1. The number of hydrogen-bond donors (Lipinski definition) is 0. The molecule has 28 heavy (non-hydrogen) atoms. The normalized spacial score (nSPS) is 14.0. The molecule has 0 radical (unpaired) electrons. The van der Waals surface area contributed by atoms with E-state index in [4.69, 9.17) is 9.47 Å². The highest BCUT2D eigenvalue weighted by molar-refractivity contribution is 5.94. The molecule has 1 saturated heterocycles. The highest BCUT2D eigenvalue weighted by Crippen LogP contribution is 2.20. The van der Waals surface area contributed by atoms with Gasteiger partial charge in [-0.25, -0.2) is 0 Å². The minimum absolute atomic E-state index is 0.0106. The van der Waals surface area contributed by atoms with Crippen LogP contribution in [0.15, 0.2) is 42.5 Å². The van der Waals surface area contributed by atoms with Crippen LogP contribution < -0.4 is 9.47 Å². The fourth-order valence-electron chi connectivity index (χ4n) is 3.19. The largest absolute Gasteiger partial charge is 0.497 e. The van der Waals surface area contributed by atoms with Gasteiger partial charge in [0.1, 0.15) is 11.5 Å². The number of carbonyl (C=O) groups is 2. The Labute approximate surface area is 165 Å². The van der Waals surface area contributed by atoms with Crippen LogP contribution in [0.2, 0.25) is 0 Å². The third kappa shape index (κ3) is 4.44. The second kappa shape index (κ2) is 8.78. The molecule has 2 amide bonds. The summed E-state index contributed by atoms with van der Waals surface area (Å²) in [4.78, 5) is 28.6. The summed E-state index contributed by atoms with van der Waals surface area (Å²) in [6, 6.07) is 12.9. The summed E-state index contributed by atoms with van der Waals surface area (Å²) >= 11 is 0. The monoisotopic (exact) mass is 382 g/mol. The van der Waals surface area contributed by atoms with E-state index >= 15 is 0 Å². The van der Waals surface area contributed by atoms with Crippen molar-refractivity contribution in [1.82, 2.24) is 9.80 Å². The van der Waals surface area contributed by atoms with Gasteiger partial charge < -0.3 is 19.3 Å². The van der Waals surface area contributed by atoms with Crippen molar-refractivity contribution in [2.24, 2.45) is 0 Å². The van der Waals surface area contributed by atoms with Gasteiger partial charge in [0.25, 0.3) is 11.8 Å². The predicted molar refractivity (Wildman–Crippen MR) is 107 cm³/mol. The molecule has 1 aliphatic heterocycles. The number of rotatable bonds is 5. The summed E-state index contributed by atoms with van der Waals surface area (Å²) in [7, 11) is 1.59. The first-order chi connectivity index (χ1) is 13.5. The first-order valence-electron chi connectivity index (χ1n) is 9.39. The summed E-state index contributed by atoms with van der Waals surface area (Å²) in [6.07, 6.45) is 0. The van der Waals surface area contributed by atoms with Gasteiger partial charge in [-0.1, -0.05) is 12.1 Å². The lowest BCUT2D eigenvalue weighted by molar-refractivity contribution is -0.134. The SMILES string of the molecule is COc1ccc(C(=O)N2CCN(C(=O)COc3cccc(C)c3C)CC2)cc1. The van der Waals surface area contributed by atoms with E-state index in [0.29, 0.717) is 31.7 Å². The van der Waals surface area contributed by atoms with Crippen molar-refractivity contribution < 1.29 is 19.1 Å². The Bertz CT molecular complexity index is 840. The van der Waals surface area contributed by atoms with E-state index in [-0.39, 0.29) is 18.4 Å². The second-order valence-electron chi connectivity index (χ2n) is 6.89. The Kier molecular flexibility index (Phi) is 6.19. The summed E-state index contributed by atoms with van der Waals surface area (Å²) < 4.78 is 10.8. The van der Waals surface area contributed by atoms with Gasteiger partial charge in [-0.2, -0.15) is 0 Å². The van der Waals surface area contributed by atoms with Crippen LogP contribution in [0.25, 0.3) is 0 Å². The molecule has 148 valence electrons. The van der Waals surface area contributed by atoms with Crippen LogP contribution in [0.4, 0.5) is 0 Å². The summed E-state index contributed by atoms with van der Waals surface area (Å²) in [5.74, 6) is 1.37. The molecule has 0 saturated carbocycles. The zero-order valence-corrected chi connectivity index (χ0v) is 16.6.